The average Bonchev–Trinajstić information content (AvgIpc) is 3.37. The van der Waals surface area contributed by atoms with Crippen molar-refractivity contribution in [3.8, 4) is 5.69 Å². The second kappa shape index (κ2) is 8.79. The second-order valence-corrected chi connectivity index (χ2v) is 10.6. The minimum Gasteiger partial charge on any atom is -0.268 e. The zero-order valence-corrected chi connectivity index (χ0v) is 19.8. The maximum Gasteiger partial charge on any atom is 0.268 e. The first-order chi connectivity index (χ1) is 15.2. The first-order valence-electron chi connectivity index (χ1n) is 11.3. The van der Waals surface area contributed by atoms with E-state index in [0.717, 1.165) is 39.7 Å². The van der Waals surface area contributed by atoms with Gasteiger partial charge in [-0.1, -0.05) is 63.1 Å². The van der Waals surface area contributed by atoms with Crippen LogP contribution in [0.4, 0.5) is 0 Å². The molecule has 0 saturated carbocycles. The second-order valence-electron chi connectivity index (χ2n) is 8.42. The molecule has 1 atom stereocenters. The van der Waals surface area contributed by atoms with Crippen molar-refractivity contribution in [3.63, 3.8) is 0 Å². The number of benzene rings is 1. The van der Waals surface area contributed by atoms with E-state index in [1.54, 1.807) is 27.7 Å². The monoisotopic (exact) mass is 452 g/mol. The number of thiophene rings is 1. The van der Waals surface area contributed by atoms with E-state index in [1.807, 2.05) is 30.3 Å². The number of hydrogen-bond acceptors (Lipinski definition) is 5. The van der Waals surface area contributed by atoms with Crippen LogP contribution in [0.15, 0.2) is 40.3 Å². The van der Waals surface area contributed by atoms with E-state index < -0.39 is 0 Å². The van der Waals surface area contributed by atoms with Crippen LogP contribution in [0.1, 0.15) is 68.7 Å². The Hall–Kier alpha value is -2.12. The highest BCUT2D eigenvalue weighted by Crippen LogP contribution is 2.41. The molecule has 7 heteroatoms. The summed E-state index contributed by atoms with van der Waals surface area (Å²) in [4.78, 5) is 16.2. The molecule has 0 saturated heterocycles. The minimum absolute atomic E-state index is 0.0341. The Labute approximate surface area is 190 Å². The molecular formula is C24H28N4OS2. The number of aryl methyl sites for hydroxylation is 1. The topological polar surface area (TPSA) is 52.2 Å². The number of unbranched alkanes of at least 4 members (excludes halogenated alkanes) is 3. The molecule has 1 aliphatic carbocycles. The van der Waals surface area contributed by atoms with Gasteiger partial charge >= 0.3 is 0 Å². The summed E-state index contributed by atoms with van der Waals surface area (Å²) in [6.45, 7) is 4.49. The molecule has 1 aliphatic rings. The van der Waals surface area contributed by atoms with Gasteiger partial charge in [-0.25, -0.2) is 8.97 Å². The van der Waals surface area contributed by atoms with Crippen LogP contribution in [-0.4, -0.2) is 24.9 Å². The van der Waals surface area contributed by atoms with Crippen LogP contribution in [0, 0.1) is 0 Å². The molecule has 3 heterocycles. The molecule has 5 rings (SSSR count). The number of fused-ring (bicyclic) bond motifs is 5. The summed E-state index contributed by atoms with van der Waals surface area (Å²) in [6.07, 6.45) is 8.33. The largest absolute Gasteiger partial charge is 0.268 e. The standard InChI is InChI=1S/C24H28N4OS2/c1-3-4-5-9-15-30-24-26-25-23-27(17-12-7-6-8-13-17)21(29)20-19-16(2)11-10-14-18(19)31-22(20)28(23)24/h6-8,12-13,16H,3-5,9-11,14-15H2,1-2H3/t16-/m0/s1. The van der Waals surface area contributed by atoms with E-state index in [0.29, 0.717) is 11.7 Å². The Morgan fingerprint density at radius 1 is 1.16 bits per heavy atom. The summed E-state index contributed by atoms with van der Waals surface area (Å²) in [5, 5.41) is 10.8. The highest BCUT2D eigenvalue weighted by Gasteiger charge is 2.28. The van der Waals surface area contributed by atoms with Gasteiger partial charge in [0, 0.05) is 10.6 Å². The van der Waals surface area contributed by atoms with Crippen LogP contribution < -0.4 is 5.56 Å². The molecule has 1 aromatic carbocycles. The summed E-state index contributed by atoms with van der Waals surface area (Å²) in [5.74, 6) is 2.05. The summed E-state index contributed by atoms with van der Waals surface area (Å²) < 4.78 is 3.90. The zero-order chi connectivity index (χ0) is 21.4. The average molecular weight is 453 g/mol. The molecule has 162 valence electrons. The summed E-state index contributed by atoms with van der Waals surface area (Å²) in [6, 6.07) is 9.85. The van der Waals surface area contributed by atoms with E-state index in [4.69, 9.17) is 0 Å². The lowest BCUT2D eigenvalue weighted by Gasteiger charge is -2.18. The predicted molar refractivity (Wildman–Crippen MR) is 130 cm³/mol. The van der Waals surface area contributed by atoms with Crippen molar-refractivity contribution in [2.24, 2.45) is 0 Å². The third-order valence-corrected chi connectivity index (χ3v) is 8.48. The van der Waals surface area contributed by atoms with Crippen LogP contribution in [0.5, 0.6) is 0 Å². The van der Waals surface area contributed by atoms with E-state index in [9.17, 15) is 4.79 Å². The highest BCUT2D eigenvalue weighted by molar-refractivity contribution is 7.99. The molecule has 0 bridgehead atoms. The van der Waals surface area contributed by atoms with Gasteiger partial charge in [0.05, 0.1) is 11.1 Å². The lowest BCUT2D eigenvalue weighted by molar-refractivity contribution is 0.601. The van der Waals surface area contributed by atoms with E-state index in [1.165, 1.54) is 42.5 Å². The Bertz CT molecular complexity index is 1270. The number of hydrogen-bond donors (Lipinski definition) is 0. The maximum atomic E-state index is 13.8. The van der Waals surface area contributed by atoms with Crippen LogP contribution in [0.3, 0.4) is 0 Å². The van der Waals surface area contributed by atoms with Crippen LogP contribution in [-0.2, 0) is 6.42 Å². The molecule has 0 unspecified atom stereocenters. The Morgan fingerprint density at radius 3 is 2.81 bits per heavy atom. The quantitative estimate of drug-likeness (QED) is 0.247. The molecular weight excluding hydrogens is 424 g/mol. The van der Waals surface area contributed by atoms with E-state index in [2.05, 4.69) is 28.4 Å². The first-order valence-corrected chi connectivity index (χ1v) is 13.1. The molecule has 0 spiro atoms. The summed E-state index contributed by atoms with van der Waals surface area (Å²) >= 11 is 3.53. The van der Waals surface area contributed by atoms with Gasteiger partial charge in [0.25, 0.3) is 5.56 Å². The van der Waals surface area contributed by atoms with Gasteiger partial charge in [-0.05, 0) is 49.3 Å². The molecule has 0 N–H and O–H groups in total. The molecule has 3 aromatic heterocycles. The normalized spacial score (nSPS) is 16.3. The lowest BCUT2D eigenvalue weighted by Crippen LogP contribution is -2.22. The van der Waals surface area contributed by atoms with Crippen molar-refractivity contribution < 1.29 is 0 Å². The fourth-order valence-corrected chi connectivity index (χ4v) is 7.09. The van der Waals surface area contributed by atoms with Gasteiger partial charge in [0.15, 0.2) is 5.16 Å². The number of thioether (sulfide) groups is 1. The molecule has 0 fully saturated rings. The van der Waals surface area contributed by atoms with Crippen LogP contribution in [0.25, 0.3) is 21.7 Å². The van der Waals surface area contributed by atoms with Gasteiger partial charge < -0.3 is 0 Å². The van der Waals surface area contributed by atoms with Crippen molar-refractivity contribution in [3.05, 3.63) is 51.1 Å². The minimum atomic E-state index is 0.0341. The van der Waals surface area contributed by atoms with E-state index in [-0.39, 0.29) is 5.56 Å². The van der Waals surface area contributed by atoms with Crippen molar-refractivity contribution in [2.75, 3.05) is 5.75 Å². The van der Waals surface area contributed by atoms with Crippen molar-refractivity contribution in [1.82, 2.24) is 19.2 Å². The van der Waals surface area contributed by atoms with Gasteiger partial charge in [0.1, 0.15) is 4.83 Å². The van der Waals surface area contributed by atoms with Gasteiger partial charge in [-0.2, -0.15) is 0 Å². The third-order valence-electron chi connectivity index (χ3n) is 6.22. The molecule has 4 aromatic rings. The molecule has 31 heavy (non-hydrogen) atoms. The number of aromatic nitrogens is 4. The van der Waals surface area contributed by atoms with Crippen molar-refractivity contribution in [1.29, 1.82) is 0 Å². The Balaban J connectivity index is 1.73. The Morgan fingerprint density at radius 2 is 2.00 bits per heavy atom. The SMILES string of the molecule is CCCCCCSc1nnc2n(-c3ccccc3)c(=O)c3c4c(sc3n12)CCC[C@@H]4C. The third kappa shape index (κ3) is 3.61. The van der Waals surface area contributed by atoms with Gasteiger partial charge in [-0.15, -0.1) is 21.5 Å². The fraction of sp³-hybridized carbons (Fsp3) is 0.458. The summed E-state index contributed by atoms with van der Waals surface area (Å²) in [5.41, 5.74) is 2.14. The zero-order valence-electron chi connectivity index (χ0n) is 18.1. The van der Waals surface area contributed by atoms with Crippen molar-refractivity contribution in [2.45, 2.75) is 69.9 Å². The highest BCUT2D eigenvalue weighted by atomic mass is 32.2. The van der Waals surface area contributed by atoms with Crippen molar-refractivity contribution >= 4 is 39.1 Å². The Kier molecular flexibility index (Phi) is 5.89. The maximum absolute atomic E-state index is 13.8. The van der Waals surface area contributed by atoms with E-state index >= 15 is 0 Å². The number of para-hydroxylation sites is 1. The van der Waals surface area contributed by atoms with Crippen LogP contribution >= 0.6 is 23.1 Å². The van der Waals surface area contributed by atoms with Gasteiger partial charge in [-0.3, -0.25) is 4.79 Å². The molecule has 5 nitrogen and oxygen atoms in total. The molecule has 0 radical (unpaired) electrons. The lowest BCUT2D eigenvalue weighted by atomic mass is 9.88. The van der Waals surface area contributed by atoms with Gasteiger partial charge in [0.2, 0.25) is 5.78 Å². The summed E-state index contributed by atoms with van der Waals surface area (Å²) in [7, 11) is 0. The smallest absolute Gasteiger partial charge is 0.268 e. The predicted octanol–water partition coefficient (Wildman–Crippen LogP) is 6.21. The number of nitrogens with zero attached hydrogens (tertiary/aromatic N) is 4. The first kappa shape index (κ1) is 20.8. The molecule has 0 amide bonds. The fourth-order valence-electron chi connectivity index (χ4n) is 4.64. The number of rotatable bonds is 7. The molecule has 0 aliphatic heterocycles. The van der Waals surface area contributed by atoms with Crippen LogP contribution in [0.2, 0.25) is 0 Å².